The van der Waals surface area contributed by atoms with Crippen LogP contribution in [0.4, 0.5) is 0 Å². The zero-order valence-electron chi connectivity index (χ0n) is 12.4. The van der Waals surface area contributed by atoms with Crippen molar-refractivity contribution in [3.63, 3.8) is 0 Å². The Morgan fingerprint density at radius 2 is 1.70 bits per heavy atom. The first-order valence-corrected chi connectivity index (χ1v) is 6.92. The van der Waals surface area contributed by atoms with Crippen molar-refractivity contribution in [1.29, 1.82) is 0 Å². The summed E-state index contributed by atoms with van der Waals surface area (Å²) in [5, 5.41) is 10.5. The van der Waals surface area contributed by atoms with Gasteiger partial charge in [0, 0.05) is 13.5 Å². The van der Waals surface area contributed by atoms with Crippen LogP contribution >= 0.6 is 0 Å². The molecular formula is C18H22O2. The van der Waals surface area contributed by atoms with Gasteiger partial charge in [-0.25, -0.2) is 0 Å². The quantitative estimate of drug-likeness (QED) is 0.897. The standard InChI is InChI=1S/C18H22O2/c1-13-6-4-7-14(2)17(13)11-18(19)16-9-5-8-15(10-16)12-20-3/h4-10,18-19H,11-12H2,1-3H3. The molecule has 0 aliphatic carbocycles. The molecule has 0 heterocycles. The van der Waals surface area contributed by atoms with Gasteiger partial charge in [0.1, 0.15) is 0 Å². The maximum Gasteiger partial charge on any atom is 0.0830 e. The van der Waals surface area contributed by atoms with E-state index in [-0.39, 0.29) is 0 Å². The minimum Gasteiger partial charge on any atom is -0.388 e. The van der Waals surface area contributed by atoms with Gasteiger partial charge in [-0.2, -0.15) is 0 Å². The van der Waals surface area contributed by atoms with Crippen LogP contribution in [0.15, 0.2) is 42.5 Å². The first kappa shape index (κ1) is 14.8. The van der Waals surface area contributed by atoms with Gasteiger partial charge in [-0.05, 0) is 41.7 Å². The summed E-state index contributed by atoms with van der Waals surface area (Å²) in [6.45, 7) is 4.76. The molecule has 20 heavy (non-hydrogen) atoms. The number of benzene rings is 2. The number of hydrogen-bond acceptors (Lipinski definition) is 2. The predicted octanol–water partition coefficient (Wildman–Crippen LogP) is 3.73. The summed E-state index contributed by atoms with van der Waals surface area (Å²) < 4.78 is 5.14. The summed E-state index contributed by atoms with van der Waals surface area (Å²) in [5.74, 6) is 0. The van der Waals surface area contributed by atoms with E-state index < -0.39 is 6.10 Å². The molecule has 0 aliphatic rings. The van der Waals surface area contributed by atoms with Gasteiger partial charge in [0.05, 0.1) is 12.7 Å². The van der Waals surface area contributed by atoms with Crippen molar-refractivity contribution in [3.8, 4) is 0 Å². The van der Waals surface area contributed by atoms with Crippen molar-refractivity contribution >= 4 is 0 Å². The Hall–Kier alpha value is -1.64. The molecule has 106 valence electrons. The van der Waals surface area contributed by atoms with E-state index >= 15 is 0 Å². The molecular weight excluding hydrogens is 248 g/mol. The SMILES string of the molecule is COCc1cccc(C(O)Cc2c(C)cccc2C)c1. The summed E-state index contributed by atoms with van der Waals surface area (Å²) in [6, 6.07) is 14.2. The summed E-state index contributed by atoms with van der Waals surface area (Å²) in [4.78, 5) is 0. The Bertz CT molecular complexity index is 555. The molecule has 2 nitrogen and oxygen atoms in total. The van der Waals surface area contributed by atoms with E-state index in [9.17, 15) is 5.11 Å². The van der Waals surface area contributed by atoms with Gasteiger partial charge < -0.3 is 9.84 Å². The third-order valence-electron chi connectivity index (χ3n) is 3.69. The first-order chi connectivity index (χ1) is 9.61. The van der Waals surface area contributed by atoms with E-state index in [1.165, 1.54) is 16.7 Å². The smallest absolute Gasteiger partial charge is 0.0830 e. The highest BCUT2D eigenvalue weighted by atomic mass is 16.5. The van der Waals surface area contributed by atoms with Gasteiger partial charge in [-0.15, -0.1) is 0 Å². The molecule has 0 saturated carbocycles. The third-order valence-corrected chi connectivity index (χ3v) is 3.69. The average Bonchev–Trinajstić information content (AvgIpc) is 2.43. The number of aliphatic hydroxyl groups is 1. The molecule has 0 radical (unpaired) electrons. The van der Waals surface area contributed by atoms with Crippen LogP contribution < -0.4 is 0 Å². The zero-order valence-corrected chi connectivity index (χ0v) is 12.4. The molecule has 0 aromatic heterocycles. The molecule has 2 aromatic carbocycles. The van der Waals surface area contributed by atoms with Gasteiger partial charge in [0.2, 0.25) is 0 Å². The van der Waals surface area contributed by atoms with Crippen molar-refractivity contribution in [2.24, 2.45) is 0 Å². The van der Waals surface area contributed by atoms with Gasteiger partial charge in [-0.1, -0.05) is 42.5 Å². The van der Waals surface area contributed by atoms with Crippen LogP contribution in [0.2, 0.25) is 0 Å². The zero-order chi connectivity index (χ0) is 14.5. The fraction of sp³-hybridized carbons (Fsp3) is 0.333. The van der Waals surface area contributed by atoms with Crippen LogP contribution in [0, 0.1) is 13.8 Å². The maximum atomic E-state index is 10.5. The molecule has 0 fully saturated rings. The van der Waals surface area contributed by atoms with E-state index in [4.69, 9.17) is 4.74 Å². The Balaban J connectivity index is 2.19. The molecule has 0 amide bonds. The molecule has 0 aliphatic heterocycles. The topological polar surface area (TPSA) is 29.5 Å². The Kier molecular flexibility index (Phi) is 4.94. The van der Waals surface area contributed by atoms with Gasteiger partial charge in [0.15, 0.2) is 0 Å². The van der Waals surface area contributed by atoms with Crippen molar-refractivity contribution in [3.05, 3.63) is 70.3 Å². The Labute approximate surface area is 121 Å². The Morgan fingerprint density at radius 3 is 2.35 bits per heavy atom. The lowest BCUT2D eigenvalue weighted by molar-refractivity contribution is 0.175. The molecule has 2 rings (SSSR count). The van der Waals surface area contributed by atoms with Crippen LogP contribution in [0.3, 0.4) is 0 Å². The van der Waals surface area contributed by atoms with Crippen molar-refractivity contribution in [2.45, 2.75) is 33.0 Å². The maximum absolute atomic E-state index is 10.5. The lowest BCUT2D eigenvalue weighted by Gasteiger charge is -2.16. The normalized spacial score (nSPS) is 12.4. The minimum absolute atomic E-state index is 0.480. The number of aryl methyl sites for hydroxylation is 2. The lowest BCUT2D eigenvalue weighted by atomic mass is 9.94. The Morgan fingerprint density at radius 1 is 1.05 bits per heavy atom. The van der Waals surface area contributed by atoms with Crippen molar-refractivity contribution in [1.82, 2.24) is 0 Å². The molecule has 2 heteroatoms. The van der Waals surface area contributed by atoms with Crippen LogP contribution in [0.5, 0.6) is 0 Å². The molecule has 2 aromatic rings. The van der Waals surface area contributed by atoms with Crippen LogP contribution in [-0.4, -0.2) is 12.2 Å². The van der Waals surface area contributed by atoms with Gasteiger partial charge in [0.25, 0.3) is 0 Å². The second-order valence-corrected chi connectivity index (χ2v) is 5.27. The fourth-order valence-electron chi connectivity index (χ4n) is 2.54. The molecule has 0 bridgehead atoms. The predicted molar refractivity (Wildman–Crippen MR) is 81.7 cm³/mol. The number of aliphatic hydroxyl groups excluding tert-OH is 1. The number of methoxy groups -OCH3 is 1. The highest BCUT2D eigenvalue weighted by Gasteiger charge is 2.12. The van der Waals surface area contributed by atoms with Gasteiger partial charge in [-0.3, -0.25) is 0 Å². The number of hydrogen-bond donors (Lipinski definition) is 1. The van der Waals surface area contributed by atoms with E-state index in [0.717, 1.165) is 11.1 Å². The molecule has 0 spiro atoms. The monoisotopic (exact) mass is 270 g/mol. The minimum atomic E-state index is -0.480. The second-order valence-electron chi connectivity index (χ2n) is 5.27. The van der Waals surface area contributed by atoms with E-state index in [2.05, 4.69) is 32.0 Å². The average molecular weight is 270 g/mol. The van der Waals surface area contributed by atoms with Crippen LogP contribution in [0.1, 0.15) is 33.9 Å². The van der Waals surface area contributed by atoms with Crippen LogP contribution in [0.25, 0.3) is 0 Å². The first-order valence-electron chi connectivity index (χ1n) is 6.92. The summed E-state index contributed by atoms with van der Waals surface area (Å²) in [6.07, 6.45) is 0.168. The third kappa shape index (κ3) is 3.47. The highest BCUT2D eigenvalue weighted by molar-refractivity contribution is 5.35. The lowest BCUT2D eigenvalue weighted by Crippen LogP contribution is -2.05. The molecule has 1 atom stereocenters. The van der Waals surface area contributed by atoms with E-state index in [0.29, 0.717) is 13.0 Å². The molecule has 1 unspecified atom stereocenters. The summed E-state index contributed by atoms with van der Waals surface area (Å²) in [5.41, 5.74) is 5.74. The highest BCUT2D eigenvalue weighted by Crippen LogP contribution is 2.23. The summed E-state index contributed by atoms with van der Waals surface area (Å²) >= 11 is 0. The number of rotatable bonds is 5. The number of ether oxygens (including phenoxy) is 1. The van der Waals surface area contributed by atoms with E-state index in [1.54, 1.807) is 7.11 Å². The largest absolute Gasteiger partial charge is 0.388 e. The van der Waals surface area contributed by atoms with Crippen molar-refractivity contribution in [2.75, 3.05) is 7.11 Å². The molecule has 1 N–H and O–H groups in total. The molecule has 0 saturated heterocycles. The van der Waals surface area contributed by atoms with Crippen molar-refractivity contribution < 1.29 is 9.84 Å². The summed E-state index contributed by atoms with van der Waals surface area (Å²) in [7, 11) is 1.68. The van der Waals surface area contributed by atoms with Crippen LogP contribution in [-0.2, 0) is 17.8 Å². The fourth-order valence-corrected chi connectivity index (χ4v) is 2.54. The van der Waals surface area contributed by atoms with E-state index in [1.807, 2.05) is 24.3 Å². The van der Waals surface area contributed by atoms with Gasteiger partial charge >= 0.3 is 0 Å². The second kappa shape index (κ2) is 6.69.